The average Bonchev–Trinajstić information content (AvgIpc) is 3.44. The van der Waals surface area contributed by atoms with Crippen LogP contribution in [0.5, 0.6) is 0 Å². The molecule has 0 saturated heterocycles. The summed E-state index contributed by atoms with van der Waals surface area (Å²) in [6, 6.07) is 2.26. The third-order valence-electron chi connectivity index (χ3n) is 5.97. The molecule has 31 heavy (non-hydrogen) atoms. The Labute approximate surface area is 192 Å². The summed E-state index contributed by atoms with van der Waals surface area (Å²) in [4.78, 5) is 33.9. The van der Waals surface area contributed by atoms with Gasteiger partial charge in [-0.1, -0.05) is 11.8 Å². The molecule has 0 spiro atoms. The molecular formula is C22H22N4O2S3. The Morgan fingerprint density at radius 1 is 1.16 bits per heavy atom. The highest BCUT2D eigenvalue weighted by Gasteiger charge is 2.24. The van der Waals surface area contributed by atoms with E-state index >= 15 is 0 Å². The number of nitrogens with zero attached hydrogens (tertiary/aromatic N) is 3. The zero-order valence-electron chi connectivity index (χ0n) is 17.2. The van der Waals surface area contributed by atoms with E-state index in [1.807, 2.05) is 6.92 Å². The van der Waals surface area contributed by atoms with E-state index in [2.05, 4.69) is 11.4 Å². The van der Waals surface area contributed by atoms with Crippen LogP contribution in [0, 0.1) is 11.3 Å². The molecule has 0 radical (unpaired) electrons. The van der Waals surface area contributed by atoms with E-state index in [0.717, 1.165) is 54.3 Å². The quantitative estimate of drug-likeness (QED) is 0.438. The number of carbonyl (C=O) groups excluding carboxylic acids is 1. The molecule has 3 aromatic heterocycles. The molecule has 2 aliphatic carbocycles. The lowest BCUT2D eigenvalue weighted by molar-refractivity contribution is -0.113. The Kier molecular flexibility index (Phi) is 5.63. The van der Waals surface area contributed by atoms with Gasteiger partial charge < -0.3 is 5.32 Å². The second-order valence-electron chi connectivity index (χ2n) is 7.84. The summed E-state index contributed by atoms with van der Waals surface area (Å²) in [7, 11) is 0. The lowest BCUT2D eigenvalue weighted by Gasteiger charge is -2.12. The number of amides is 1. The van der Waals surface area contributed by atoms with E-state index in [1.54, 1.807) is 15.9 Å². The van der Waals surface area contributed by atoms with Crippen molar-refractivity contribution >= 4 is 55.6 Å². The van der Waals surface area contributed by atoms with Gasteiger partial charge in [0, 0.05) is 16.3 Å². The molecule has 1 amide bonds. The minimum Gasteiger partial charge on any atom is -0.316 e. The molecule has 160 valence electrons. The van der Waals surface area contributed by atoms with Crippen LogP contribution in [-0.2, 0) is 37.0 Å². The van der Waals surface area contributed by atoms with Crippen LogP contribution in [0.3, 0.4) is 0 Å². The molecular weight excluding hydrogens is 448 g/mol. The molecule has 0 bridgehead atoms. The predicted octanol–water partition coefficient (Wildman–Crippen LogP) is 4.51. The van der Waals surface area contributed by atoms with Gasteiger partial charge in [0.05, 0.1) is 16.7 Å². The molecule has 0 atom stereocenters. The smallest absolute Gasteiger partial charge is 0.263 e. The van der Waals surface area contributed by atoms with Gasteiger partial charge in [-0.05, 0) is 63.0 Å². The fraction of sp³-hybridized carbons (Fsp3) is 0.455. The molecule has 5 rings (SSSR count). The number of fused-ring (bicyclic) bond motifs is 4. The third-order valence-corrected chi connectivity index (χ3v) is 9.34. The van der Waals surface area contributed by atoms with E-state index < -0.39 is 0 Å². The fourth-order valence-corrected chi connectivity index (χ4v) is 7.93. The van der Waals surface area contributed by atoms with Crippen LogP contribution >= 0.6 is 34.4 Å². The zero-order chi connectivity index (χ0) is 21.5. The van der Waals surface area contributed by atoms with Crippen molar-refractivity contribution in [3.8, 4) is 6.07 Å². The van der Waals surface area contributed by atoms with Crippen molar-refractivity contribution in [2.24, 2.45) is 0 Å². The number of thiophene rings is 2. The fourth-order valence-electron chi connectivity index (χ4n) is 4.51. The molecule has 1 N–H and O–H groups in total. The number of anilines is 1. The van der Waals surface area contributed by atoms with Gasteiger partial charge in [0.2, 0.25) is 5.91 Å². The summed E-state index contributed by atoms with van der Waals surface area (Å²) >= 11 is 4.43. The Morgan fingerprint density at radius 3 is 2.71 bits per heavy atom. The van der Waals surface area contributed by atoms with E-state index in [9.17, 15) is 14.9 Å². The number of hydrogen-bond acceptors (Lipinski definition) is 7. The zero-order valence-corrected chi connectivity index (χ0v) is 19.7. The second kappa shape index (κ2) is 8.41. The number of aryl methyl sites for hydroxylation is 3. The first kappa shape index (κ1) is 20.7. The first-order valence-corrected chi connectivity index (χ1v) is 13.2. The molecule has 0 saturated carbocycles. The van der Waals surface area contributed by atoms with Crippen LogP contribution in [0.1, 0.15) is 52.6 Å². The van der Waals surface area contributed by atoms with E-state index in [1.165, 1.54) is 44.8 Å². The monoisotopic (exact) mass is 470 g/mol. The summed E-state index contributed by atoms with van der Waals surface area (Å²) < 4.78 is 1.68. The Balaban J connectivity index is 1.38. The molecule has 0 aliphatic heterocycles. The Hall–Kier alpha value is -2.15. The van der Waals surface area contributed by atoms with Crippen LogP contribution in [0.15, 0.2) is 9.95 Å². The van der Waals surface area contributed by atoms with Crippen LogP contribution in [0.2, 0.25) is 0 Å². The van der Waals surface area contributed by atoms with Crippen LogP contribution in [0.4, 0.5) is 5.00 Å². The summed E-state index contributed by atoms with van der Waals surface area (Å²) in [5, 5.41) is 14.4. The highest BCUT2D eigenvalue weighted by Crippen LogP contribution is 2.39. The third kappa shape index (κ3) is 3.60. The first-order valence-electron chi connectivity index (χ1n) is 10.6. The Morgan fingerprint density at radius 2 is 1.90 bits per heavy atom. The summed E-state index contributed by atoms with van der Waals surface area (Å²) in [5.41, 5.74) is 2.92. The van der Waals surface area contributed by atoms with E-state index in [-0.39, 0.29) is 17.2 Å². The molecule has 2 aliphatic rings. The molecule has 6 nitrogen and oxygen atoms in total. The number of thioether (sulfide) groups is 1. The van der Waals surface area contributed by atoms with Gasteiger partial charge in [0.25, 0.3) is 5.56 Å². The molecule has 9 heteroatoms. The van der Waals surface area contributed by atoms with E-state index in [4.69, 9.17) is 4.98 Å². The van der Waals surface area contributed by atoms with Crippen molar-refractivity contribution in [1.29, 1.82) is 5.26 Å². The average molecular weight is 471 g/mol. The minimum absolute atomic E-state index is 0.0104. The van der Waals surface area contributed by atoms with Crippen molar-refractivity contribution in [3.05, 3.63) is 36.8 Å². The van der Waals surface area contributed by atoms with Gasteiger partial charge in [-0.3, -0.25) is 14.2 Å². The highest BCUT2D eigenvalue weighted by molar-refractivity contribution is 7.99. The molecule has 0 unspecified atom stereocenters. The van der Waals surface area contributed by atoms with Crippen molar-refractivity contribution in [2.75, 3.05) is 11.1 Å². The Bertz CT molecular complexity index is 1300. The molecule has 3 heterocycles. The van der Waals surface area contributed by atoms with Crippen LogP contribution in [0.25, 0.3) is 10.2 Å². The molecule has 3 aromatic rings. The summed E-state index contributed by atoms with van der Waals surface area (Å²) in [6.45, 7) is 2.46. The number of aromatic nitrogens is 2. The minimum atomic E-state index is -0.177. The SMILES string of the molecule is CCn1c(SCC(=O)Nc2sc3c(c2C#N)CCC3)nc2sc3c(c2c1=O)CCCC3. The number of hydrogen-bond donors (Lipinski definition) is 1. The van der Waals surface area contributed by atoms with E-state index in [0.29, 0.717) is 22.3 Å². The number of carbonyl (C=O) groups is 1. The van der Waals surface area contributed by atoms with Crippen molar-refractivity contribution < 1.29 is 4.79 Å². The van der Waals surface area contributed by atoms with Gasteiger partial charge in [-0.25, -0.2) is 4.98 Å². The first-order chi connectivity index (χ1) is 15.1. The topological polar surface area (TPSA) is 87.8 Å². The predicted molar refractivity (Wildman–Crippen MR) is 127 cm³/mol. The maximum atomic E-state index is 13.2. The van der Waals surface area contributed by atoms with Gasteiger partial charge in [0.1, 0.15) is 15.9 Å². The van der Waals surface area contributed by atoms with Crippen LogP contribution < -0.4 is 10.9 Å². The number of nitrogens with one attached hydrogen (secondary N) is 1. The highest BCUT2D eigenvalue weighted by atomic mass is 32.2. The van der Waals surface area contributed by atoms with Crippen molar-refractivity contribution in [1.82, 2.24) is 9.55 Å². The summed E-state index contributed by atoms with van der Waals surface area (Å²) in [6.07, 6.45) is 7.25. The largest absolute Gasteiger partial charge is 0.316 e. The maximum absolute atomic E-state index is 13.2. The van der Waals surface area contributed by atoms with Crippen molar-refractivity contribution in [2.45, 2.75) is 63.6 Å². The van der Waals surface area contributed by atoms with Gasteiger partial charge in [0.15, 0.2) is 5.16 Å². The van der Waals surface area contributed by atoms with Gasteiger partial charge in [-0.2, -0.15) is 5.26 Å². The van der Waals surface area contributed by atoms with Gasteiger partial charge in [-0.15, -0.1) is 22.7 Å². The molecule has 0 fully saturated rings. The summed E-state index contributed by atoms with van der Waals surface area (Å²) in [5.74, 6) is -0.0277. The van der Waals surface area contributed by atoms with Gasteiger partial charge >= 0.3 is 0 Å². The second-order valence-corrected chi connectivity index (χ2v) is 11.0. The standard InChI is InChI=1S/C22H22N4O2S3/c1-2-26-21(28)18-13-6-3-4-8-16(13)31-20(18)25-22(26)29-11-17(27)24-19-14(10-23)12-7-5-9-15(12)30-19/h2-9,11H2,1H3,(H,24,27). The van der Waals surface area contributed by atoms with Crippen LogP contribution in [-0.4, -0.2) is 21.2 Å². The molecule has 0 aromatic carbocycles. The number of rotatable bonds is 5. The maximum Gasteiger partial charge on any atom is 0.263 e. The lowest BCUT2D eigenvalue weighted by atomic mass is 9.97. The normalized spacial score (nSPS) is 15.0. The van der Waals surface area contributed by atoms with Crippen molar-refractivity contribution in [3.63, 3.8) is 0 Å². The number of nitriles is 1. The lowest BCUT2D eigenvalue weighted by Crippen LogP contribution is -2.24.